The Labute approximate surface area is 156 Å². The molecule has 1 atom stereocenters. The maximum Gasteiger partial charge on any atom is 0.229 e. The third-order valence-corrected chi connectivity index (χ3v) is 4.96. The highest BCUT2D eigenvalue weighted by Crippen LogP contribution is 2.29. The maximum atomic E-state index is 9.66. The van der Waals surface area contributed by atoms with Crippen LogP contribution >= 0.6 is 11.6 Å². The number of rotatable bonds is 5. The molecule has 3 heterocycles. The molecular formula is C18H21ClN6O. The lowest BCUT2D eigenvalue weighted by Crippen LogP contribution is -2.33. The molecule has 0 bridgehead atoms. The second kappa shape index (κ2) is 7.09. The molecule has 1 aromatic carbocycles. The summed E-state index contributed by atoms with van der Waals surface area (Å²) in [5, 5.41) is 13.6. The monoisotopic (exact) mass is 372 g/mol. The van der Waals surface area contributed by atoms with E-state index in [1.807, 2.05) is 28.8 Å². The Balaban J connectivity index is 1.81. The van der Waals surface area contributed by atoms with Gasteiger partial charge in [-0.05, 0) is 38.0 Å². The molecule has 0 amide bonds. The molecule has 2 N–H and O–H groups in total. The van der Waals surface area contributed by atoms with Gasteiger partial charge in [0.15, 0.2) is 17.0 Å². The van der Waals surface area contributed by atoms with Crippen LogP contribution in [0.2, 0.25) is 5.02 Å². The molecule has 0 spiro atoms. The van der Waals surface area contributed by atoms with Gasteiger partial charge in [-0.15, -0.1) is 0 Å². The largest absolute Gasteiger partial charge is 0.394 e. The molecule has 1 fully saturated rings. The Morgan fingerprint density at radius 3 is 3.00 bits per heavy atom. The fourth-order valence-corrected chi connectivity index (χ4v) is 3.56. The lowest BCUT2D eigenvalue weighted by molar-refractivity contribution is 0.265. The molecule has 8 heteroatoms. The van der Waals surface area contributed by atoms with Crippen LogP contribution < -0.4 is 10.2 Å². The van der Waals surface area contributed by atoms with E-state index >= 15 is 0 Å². The predicted octanol–water partition coefficient (Wildman–Crippen LogP) is 3.20. The van der Waals surface area contributed by atoms with E-state index in [9.17, 15) is 5.11 Å². The van der Waals surface area contributed by atoms with Gasteiger partial charge in [-0.2, -0.15) is 9.97 Å². The number of anilines is 3. The zero-order valence-electron chi connectivity index (χ0n) is 14.6. The van der Waals surface area contributed by atoms with Crippen LogP contribution in [0.3, 0.4) is 0 Å². The summed E-state index contributed by atoms with van der Waals surface area (Å²) in [6.07, 6.45) is 3.75. The highest BCUT2D eigenvalue weighted by atomic mass is 35.5. The summed E-state index contributed by atoms with van der Waals surface area (Å²) in [5.41, 5.74) is 2.34. The molecule has 1 saturated heterocycles. The van der Waals surface area contributed by atoms with E-state index < -0.39 is 0 Å². The number of nitrogens with zero attached hydrogens (tertiary/aromatic N) is 5. The zero-order valence-corrected chi connectivity index (χ0v) is 15.3. The van der Waals surface area contributed by atoms with Crippen LogP contribution in [-0.2, 0) is 6.54 Å². The number of imidazole rings is 1. The molecule has 0 unspecified atom stereocenters. The zero-order chi connectivity index (χ0) is 18.1. The molecule has 7 nitrogen and oxygen atoms in total. The van der Waals surface area contributed by atoms with Gasteiger partial charge in [0, 0.05) is 23.8 Å². The van der Waals surface area contributed by atoms with Crippen LogP contribution in [0.15, 0.2) is 30.6 Å². The topological polar surface area (TPSA) is 79.1 Å². The van der Waals surface area contributed by atoms with Crippen molar-refractivity contribution in [3.63, 3.8) is 0 Å². The fraction of sp³-hybridized carbons (Fsp3) is 0.389. The minimum absolute atomic E-state index is 0.0597. The molecular weight excluding hydrogens is 352 g/mol. The average molecular weight is 373 g/mol. The first-order chi connectivity index (χ1) is 12.7. The van der Waals surface area contributed by atoms with E-state index in [-0.39, 0.29) is 12.6 Å². The smallest absolute Gasteiger partial charge is 0.229 e. The summed E-state index contributed by atoms with van der Waals surface area (Å²) >= 11 is 6.10. The Hall–Kier alpha value is -2.38. The fourth-order valence-electron chi connectivity index (χ4n) is 3.37. The van der Waals surface area contributed by atoms with Crippen LogP contribution in [-0.4, -0.2) is 43.8 Å². The summed E-state index contributed by atoms with van der Waals surface area (Å²) in [6, 6.07) is 7.55. The standard InChI is InChI=1S/C18H21ClN6O/c1-2-24-11-20-15-16(21-13-6-3-5-12(19)9-13)22-18(23-17(15)24)25-8-4-7-14(25)10-26/h3,5-6,9,11,14,26H,2,4,7-8,10H2,1H3,(H,21,22,23)/t14-/m0/s1. The van der Waals surface area contributed by atoms with Crippen molar-refractivity contribution in [1.82, 2.24) is 19.5 Å². The molecule has 136 valence electrons. The number of aliphatic hydroxyl groups excluding tert-OH is 1. The first-order valence-electron chi connectivity index (χ1n) is 8.82. The van der Waals surface area contributed by atoms with Gasteiger partial charge < -0.3 is 19.9 Å². The van der Waals surface area contributed by atoms with Crippen molar-refractivity contribution >= 4 is 40.2 Å². The minimum Gasteiger partial charge on any atom is -0.394 e. The Kier molecular flexibility index (Phi) is 4.65. The summed E-state index contributed by atoms with van der Waals surface area (Å²) < 4.78 is 1.99. The van der Waals surface area contributed by atoms with Gasteiger partial charge in [0.25, 0.3) is 0 Å². The van der Waals surface area contributed by atoms with Gasteiger partial charge in [-0.1, -0.05) is 17.7 Å². The van der Waals surface area contributed by atoms with Crippen molar-refractivity contribution in [2.45, 2.75) is 32.4 Å². The SMILES string of the molecule is CCn1cnc2c(Nc3cccc(Cl)c3)nc(N3CCC[C@H]3CO)nc21. The number of aryl methyl sites for hydroxylation is 1. The molecule has 3 aromatic rings. The van der Waals surface area contributed by atoms with Crippen molar-refractivity contribution in [1.29, 1.82) is 0 Å². The van der Waals surface area contributed by atoms with Gasteiger partial charge >= 0.3 is 0 Å². The molecule has 4 rings (SSSR count). The summed E-state index contributed by atoms with van der Waals surface area (Å²) in [4.78, 5) is 16.0. The summed E-state index contributed by atoms with van der Waals surface area (Å²) in [5.74, 6) is 1.26. The number of halogens is 1. The number of aliphatic hydroxyl groups is 1. The van der Waals surface area contributed by atoms with Gasteiger partial charge in [-0.3, -0.25) is 0 Å². The molecule has 0 aliphatic carbocycles. The van der Waals surface area contributed by atoms with E-state index in [1.165, 1.54) is 0 Å². The van der Waals surface area contributed by atoms with Crippen molar-refractivity contribution in [3.05, 3.63) is 35.6 Å². The van der Waals surface area contributed by atoms with E-state index in [0.717, 1.165) is 42.8 Å². The molecule has 0 saturated carbocycles. The van der Waals surface area contributed by atoms with Crippen LogP contribution in [0.5, 0.6) is 0 Å². The van der Waals surface area contributed by atoms with E-state index in [2.05, 4.69) is 22.1 Å². The summed E-state index contributed by atoms with van der Waals surface area (Å²) in [6.45, 7) is 3.77. The lowest BCUT2D eigenvalue weighted by atomic mass is 10.2. The number of hydrogen-bond donors (Lipinski definition) is 2. The van der Waals surface area contributed by atoms with E-state index in [4.69, 9.17) is 21.6 Å². The van der Waals surface area contributed by atoms with Crippen molar-refractivity contribution in [2.75, 3.05) is 23.4 Å². The minimum atomic E-state index is 0.0597. The average Bonchev–Trinajstić information content (AvgIpc) is 3.28. The number of aromatic nitrogens is 4. The first kappa shape index (κ1) is 17.1. The Morgan fingerprint density at radius 2 is 2.23 bits per heavy atom. The molecule has 0 radical (unpaired) electrons. The number of benzene rings is 1. The van der Waals surface area contributed by atoms with Gasteiger partial charge in [0.05, 0.1) is 19.0 Å². The highest BCUT2D eigenvalue weighted by molar-refractivity contribution is 6.30. The van der Waals surface area contributed by atoms with Crippen LogP contribution in [0.4, 0.5) is 17.5 Å². The Bertz CT molecular complexity index is 927. The van der Waals surface area contributed by atoms with Crippen molar-refractivity contribution in [2.24, 2.45) is 0 Å². The van der Waals surface area contributed by atoms with E-state index in [1.54, 1.807) is 6.33 Å². The molecule has 26 heavy (non-hydrogen) atoms. The van der Waals surface area contributed by atoms with Crippen LogP contribution in [0.1, 0.15) is 19.8 Å². The Morgan fingerprint density at radius 1 is 1.35 bits per heavy atom. The number of hydrogen-bond acceptors (Lipinski definition) is 6. The van der Waals surface area contributed by atoms with E-state index in [0.29, 0.717) is 16.8 Å². The predicted molar refractivity (Wildman–Crippen MR) is 103 cm³/mol. The van der Waals surface area contributed by atoms with Gasteiger partial charge in [-0.25, -0.2) is 4.98 Å². The first-order valence-corrected chi connectivity index (χ1v) is 9.20. The quantitative estimate of drug-likeness (QED) is 0.716. The second-order valence-electron chi connectivity index (χ2n) is 6.38. The molecule has 2 aromatic heterocycles. The second-order valence-corrected chi connectivity index (χ2v) is 6.82. The number of nitrogens with one attached hydrogen (secondary N) is 1. The van der Waals surface area contributed by atoms with Crippen LogP contribution in [0, 0.1) is 0 Å². The van der Waals surface area contributed by atoms with Crippen LogP contribution in [0.25, 0.3) is 11.2 Å². The molecule has 1 aliphatic rings. The van der Waals surface area contributed by atoms with Crippen molar-refractivity contribution < 1.29 is 5.11 Å². The maximum absolute atomic E-state index is 9.66. The third kappa shape index (κ3) is 3.08. The van der Waals surface area contributed by atoms with Crippen molar-refractivity contribution in [3.8, 4) is 0 Å². The summed E-state index contributed by atoms with van der Waals surface area (Å²) in [7, 11) is 0. The highest BCUT2D eigenvalue weighted by Gasteiger charge is 2.27. The number of fused-ring (bicyclic) bond motifs is 1. The normalized spacial score (nSPS) is 17.2. The molecule has 1 aliphatic heterocycles. The van der Waals surface area contributed by atoms with Gasteiger partial charge in [0.1, 0.15) is 0 Å². The van der Waals surface area contributed by atoms with Gasteiger partial charge in [0.2, 0.25) is 5.95 Å². The lowest BCUT2D eigenvalue weighted by Gasteiger charge is -2.23. The third-order valence-electron chi connectivity index (χ3n) is 4.72.